The average molecular weight is 306 g/mol. The molecule has 0 amide bonds. The molecule has 0 radical (unpaired) electrons. The highest BCUT2D eigenvalue weighted by Crippen LogP contribution is 2.11. The van der Waals surface area contributed by atoms with Crippen molar-refractivity contribution >= 4 is 5.97 Å². The van der Waals surface area contributed by atoms with Crippen LogP contribution in [0.4, 0.5) is 0 Å². The molecule has 4 nitrogen and oxygen atoms in total. The lowest BCUT2D eigenvalue weighted by atomic mass is 10.1. The summed E-state index contributed by atoms with van der Waals surface area (Å²) in [5.74, 6) is -0.488. The van der Waals surface area contributed by atoms with Gasteiger partial charge in [0.25, 0.3) is 0 Å². The maximum atomic E-state index is 12.0. The van der Waals surface area contributed by atoms with Crippen molar-refractivity contribution in [3.05, 3.63) is 48.0 Å². The average Bonchev–Trinajstić information content (AvgIpc) is 2.56. The van der Waals surface area contributed by atoms with Crippen molar-refractivity contribution in [1.29, 1.82) is 0 Å². The number of ether oxygens (including phenoxy) is 1. The molecule has 0 fully saturated rings. The Labute approximate surface area is 132 Å². The minimum absolute atomic E-state index is 0.395. The molecule has 0 aliphatic rings. The number of allylic oxidation sites excluding steroid dienone is 1. The lowest BCUT2D eigenvalue weighted by Crippen LogP contribution is -2.33. The maximum Gasteiger partial charge on any atom is 0.338 e. The van der Waals surface area contributed by atoms with E-state index in [1.165, 1.54) is 12.8 Å². The Bertz CT molecular complexity index is 442. The molecule has 2 N–H and O–H groups in total. The van der Waals surface area contributed by atoms with E-state index in [1.54, 1.807) is 24.3 Å². The van der Waals surface area contributed by atoms with E-state index in [0.717, 1.165) is 12.8 Å². The molecule has 0 aromatic heterocycles. The van der Waals surface area contributed by atoms with Gasteiger partial charge >= 0.3 is 5.97 Å². The van der Waals surface area contributed by atoms with Crippen LogP contribution in [0, 0.1) is 0 Å². The first-order chi connectivity index (χ1) is 10.7. The van der Waals surface area contributed by atoms with Crippen LogP contribution >= 0.6 is 0 Å². The molecule has 22 heavy (non-hydrogen) atoms. The summed E-state index contributed by atoms with van der Waals surface area (Å²) in [7, 11) is 0. The lowest BCUT2D eigenvalue weighted by molar-refractivity contribution is -0.0356. The highest BCUT2D eigenvalue weighted by atomic mass is 16.6. The molecule has 122 valence electrons. The Morgan fingerprint density at radius 3 is 2.59 bits per heavy atom. The van der Waals surface area contributed by atoms with Crippen LogP contribution < -0.4 is 0 Å². The SMILES string of the molecule is CCCCC/C=C\C[C@@H](OC(=O)c1ccccc1)[C@H](O)CO. The van der Waals surface area contributed by atoms with Gasteiger partial charge in [-0.2, -0.15) is 0 Å². The molecule has 2 atom stereocenters. The summed E-state index contributed by atoms with van der Waals surface area (Å²) < 4.78 is 5.32. The number of esters is 1. The van der Waals surface area contributed by atoms with Crippen LogP contribution in [-0.2, 0) is 4.74 Å². The molecule has 0 bridgehead atoms. The van der Waals surface area contributed by atoms with Crippen LogP contribution in [0.25, 0.3) is 0 Å². The van der Waals surface area contributed by atoms with E-state index >= 15 is 0 Å². The van der Waals surface area contributed by atoms with Crippen molar-refractivity contribution in [3.63, 3.8) is 0 Å². The fourth-order valence-electron chi connectivity index (χ4n) is 2.04. The Morgan fingerprint density at radius 2 is 1.95 bits per heavy atom. The number of aliphatic hydroxyl groups is 2. The Balaban J connectivity index is 2.52. The van der Waals surface area contributed by atoms with Gasteiger partial charge in [0.05, 0.1) is 12.2 Å². The van der Waals surface area contributed by atoms with E-state index in [9.17, 15) is 9.90 Å². The Hall–Kier alpha value is -1.65. The van der Waals surface area contributed by atoms with Gasteiger partial charge in [-0.3, -0.25) is 0 Å². The lowest BCUT2D eigenvalue weighted by Gasteiger charge is -2.20. The van der Waals surface area contributed by atoms with Crippen LogP contribution in [0.5, 0.6) is 0 Å². The van der Waals surface area contributed by atoms with Gasteiger partial charge < -0.3 is 14.9 Å². The standard InChI is InChI=1S/C18H26O4/c1-2-3-4-5-6-10-13-17(16(20)14-19)22-18(21)15-11-8-7-9-12-15/h6-12,16-17,19-20H,2-5,13-14H2,1H3/b10-6-/t16-,17-/m1/s1. The van der Waals surface area contributed by atoms with Crippen LogP contribution in [0.1, 0.15) is 49.4 Å². The van der Waals surface area contributed by atoms with E-state index in [-0.39, 0.29) is 0 Å². The molecule has 0 aliphatic heterocycles. The number of benzene rings is 1. The molecular formula is C18H26O4. The van der Waals surface area contributed by atoms with Crippen molar-refractivity contribution in [1.82, 2.24) is 0 Å². The molecule has 0 saturated carbocycles. The zero-order chi connectivity index (χ0) is 16.2. The van der Waals surface area contributed by atoms with Gasteiger partial charge in [-0.15, -0.1) is 0 Å². The van der Waals surface area contributed by atoms with Crippen molar-refractivity contribution in [2.45, 2.75) is 51.2 Å². The summed E-state index contributed by atoms with van der Waals surface area (Å²) >= 11 is 0. The monoisotopic (exact) mass is 306 g/mol. The summed E-state index contributed by atoms with van der Waals surface area (Å²) in [6.45, 7) is 1.72. The van der Waals surface area contributed by atoms with E-state index in [2.05, 4.69) is 6.92 Å². The van der Waals surface area contributed by atoms with Gasteiger partial charge in [0.2, 0.25) is 0 Å². The quantitative estimate of drug-likeness (QED) is 0.396. The highest BCUT2D eigenvalue weighted by Gasteiger charge is 2.22. The first kappa shape index (κ1) is 18.4. The molecular weight excluding hydrogens is 280 g/mol. The number of rotatable bonds is 10. The topological polar surface area (TPSA) is 66.8 Å². The van der Waals surface area contributed by atoms with Crippen LogP contribution in [0.15, 0.2) is 42.5 Å². The molecule has 4 heteroatoms. The Kier molecular flexibility index (Phi) is 9.19. The van der Waals surface area contributed by atoms with Gasteiger partial charge in [0, 0.05) is 6.42 Å². The number of unbranched alkanes of at least 4 members (excludes halogenated alkanes) is 3. The third kappa shape index (κ3) is 6.87. The third-order valence-electron chi connectivity index (χ3n) is 3.39. The predicted octanol–water partition coefficient (Wildman–Crippen LogP) is 3.09. The Morgan fingerprint density at radius 1 is 1.23 bits per heavy atom. The van der Waals surface area contributed by atoms with E-state index < -0.39 is 24.8 Å². The molecule has 1 aromatic carbocycles. The van der Waals surface area contributed by atoms with Gasteiger partial charge in [0.1, 0.15) is 12.2 Å². The fourth-order valence-corrected chi connectivity index (χ4v) is 2.04. The largest absolute Gasteiger partial charge is 0.456 e. The van der Waals surface area contributed by atoms with Crippen molar-refractivity contribution in [2.75, 3.05) is 6.61 Å². The second-order valence-corrected chi connectivity index (χ2v) is 5.26. The highest BCUT2D eigenvalue weighted by molar-refractivity contribution is 5.89. The van der Waals surface area contributed by atoms with Gasteiger partial charge in [-0.25, -0.2) is 4.79 Å². The molecule has 0 saturated heterocycles. The van der Waals surface area contributed by atoms with Gasteiger partial charge in [0.15, 0.2) is 0 Å². The van der Waals surface area contributed by atoms with Gasteiger partial charge in [-0.05, 0) is 25.0 Å². The van der Waals surface area contributed by atoms with Crippen LogP contribution in [0.2, 0.25) is 0 Å². The second-order valence-electron chi connectivity index (χ2n) is 5.26. The van der Waals surface area contributed by atoms with E-state index in [0.29, 0.717) is 12.0 Å². The summed E-state index contributed by atoms with van der Waals surface area (Å²) in [6.07, 6.45) is 6.98. The summed E-state index contributed by atoms with van der Waals surface area (Å²) in [6, 6.07) is 8.63. The normalized spacial score (nSPS) is 14.0. The smallest absolute Gasteiger partial charge is 0.338 e. The first-order valence-corrected chi connectivity index (χ1v) is 7.89. The number of hydrogen-bond acceptors (Lipinski definition) is 4. The fraction of sp³-hybridized carbons (Fsp3) is 0.500. The number of aliphatic hydroxyl groups excluding tert-OH is 2. The maximum absolute atomic E-state index is 12.0. The predicted molar refractivity (Wildman–Crippen MR) is 86.6 cm³/mol. The number of carbonyl (C=O) groups is 1. The van der Waals surface area contributed by atoms with Crippen molar-refractivity contribution in [2.24, 2.45) is 0 Å². The van der Waals surface area contributed by atoms with Crippen LogP contribution in [-0.4, -0.2) is 35.0 Å². The minimum atomic E-state index is -1.08. The number of hydrogen-bond donors (Lipinski definition) is 2. The summed E-state index contributed by atoms with van der Waals surface area (Å²) in [5, 5.41) is 18.9. The van der Waals surface area contributed by atoms with Crippen LogP contribution in [0.3, 0.4) is 0 Å². The molecule has 0 unspecified atom stereocenters. The van der Waals surface area contributed by atoms with Crippen molar-refractivity contribution < 1.29 is 19.7 Å². The second kappa shape index (κ2) is 11.0. The summed E-state index contributed by atoms with van der Waals surface area (Å²) in [5.41, 5.74) is 0.435. The molecule has 1 aromatic rings. The van der Waals surface area contributed by atoms with Gasteiger partial charge in [-0.1, -0.05) is 50.1 Å². The molecule has 0 spiro atoms. The zero-order valence-corrected chi connectivity index (χ0v) is 13.1. The van der Waals surface area contributed by atoms with E-state index in [4.69, 9.17) is 9.84 Å². The third-order valence-corrected chi connectivity index (χ3v) is 3.39. The molecule has 0 heterocycles. The first-order valence-electron chi connectivity index (χ1n) is 7.89. The minimum Gasteiger partial charge on any atom is -0.456 e. The van der Waals surface area contributed by atoms with Crippen molar-refractivity contribution in [3.8, 4) is 0 Å². The molecule has 1 rings (SSSR count). The van der Waals surface area contributed by atoms with E-state index in [1.807, 2.05) is 18.2 Å². The summed E-state index contributed by atoms with van der Waals surface area (Å²) in [4.78, 5) is 12.0. The molecule has 0 aliphatic carbocycles. The number of carbonyl (C=O) groups excluding carboxylic acids is 1. The zero-order valence-electron chi connectivity index (χ0n) is 13.1.